The van der Waals surface area contributed by atoms with Crippen molar-refractivity contribution in [2.75, 3.05) is 26.2 Å². The Kier molecular flexibility index (Phi) is 5.10. The van der Waals surface area contributed by atoms with E-state index in [2.05, 4.69) is 16.8 Å². The number of hydrogen-bond acceptors (Lipinski definition) is 4. The molecule has 20 heavy (non-hydrogen) atoms. The van der Waals surface area contributed by atoms with E-state index in [1.165, 1.54) is 0 Å². The molecule has 5 heteroatoms. The van der Waals surface area contributed by atoms with Crippen LogP contribution in [0.25, 0.3) is 0 Å². The molecule has 3 N–H and O–H groups in total. The fourth-order valence-electron chi connectivity index (χ4n) is 2.41. The third-order valence-corrected chi connectivity index (χ3v) is 3.45. The van der Waals surface area contributed by atoms with Crippen molar-refractivity contribution >= 4 is 5.91 Å². The third-order valence-electron chi connectivity index (χ3n) is 3.45. The quantitative estimate of drug-likeness (QED) is 0.773. The van der Waals surface area contributed by atoms with Gasteiger partial charge in [0.1, 0.15) is 5.69 Å². The monoisotopic (exact) mass is 273 g/mol. The van der Waals surface area contributed by atoms with Crippen LogP contribution in [0.15, 0.2) is 18.3 Å². The van der Waals surface area contributed by atoms with E-state index in [1.54, 1.807) is 23.2 Å². The summed E-state index contributed by atoms with van der Waals surface area (Å²) in [5.74, 6) is 5.93. The van der Waals surface area contributed by atoms with Crippen LogP contribution >= 0.6 is 0 Å². The zero-order valence-electron chi connectivity index (χ0n) is 11.4. The van der Waals surface area contributed by atoms with Crippen molar-refractivity contribution < 1.29 is 9.90 Å². The van der Waals surface area contributed by atoms with Crippen molar-refractivity contribution in [1.29, 1.82) is 0 Å². The second-order valence-corrected chi connectivity index (χ2v) is 4.82. The molecular weight excluding hydrogens is 254 g/mol. The lowest BCUT2D eigenvalue weighted by atomic mass is 10.1. The standard InChI is InChI=1S/C15H19N3O2/c16-7-1-3-13-4-2-8-17-14(13)15(20)18-9-5-12(11-18)6-10-19/h2,4,8,12,19H,5-7,9-11,16H2. The van der Waals surface area contributed by atoms with Crippen LogP contribution in [-0.2, 0) is 0 Å². The van der Waals surface area contributed by atoms with Crippen molar-refractivity contribution in [3.05, 3.63) is 29.6 Å². The molecule has 1 amide bonds. The lowest BCUT2D eigenvalue weighted by Gasteiger charge is -2.16. The number of hydrogen-bond donors (Lipinski definition) is 2. The van der Waals surface area contributed by atoms with Gasteiger partial charge < -0.3 is 15.7 Å². The van der Waals surface area contributed by atoms with E-state index in [9.17, 15) is 4.79 Å². The normalized spacial score (nSPS) is 17.7. The molecule has 1 fully saturated rings. The van der Waals surface area contributed by atoms with E-state index in [-0.39, 0.29) is 19.1 Å². The highest BCUT2D eigenvalue weighted by Gasteiger charge is 2.28. The minimum atomic E-state index is -0.0904. The number of aliphatic hydroxyl groups is 1. The second kappa shape index (κ2) is 7.04. The molecule has 0 aromatic carbocycles. The number of likely N-dealkylation sites (tertiary alicyclic amines) is 1. The number of carbonyl (C=O) groups excluding carboxylic acids is 1. The molecule has 0 aliphatic carbocycles. The minimum Gasteiger partial charge on any atom is -0.396 e. The average molecular weight is 273 g/mol. The van der Waals surface area contributed by atoms with Gasteiger partial charge in [-0.25, -0.2) is 4.98 Å². The molecule has 1 aliphatic rings. The molecule has 106 valence electrons. The smallest absolute Gasteiger partial charge is 0.273 e. The predicted molar refractivity (Wildman–Crippen MR) is 75.9 cm³/mol. The lowest BCUT2D eigenvalue weighted by molar-refractivity contribution is 0.0778. The summed E-state index contributed by atoms with van der Waals surface area (Å²) in [5.41, 5.74) is 6.37. The van der Waals surface area contributed by atoms with E-state index in [1.807, 2.05) is 0 Å². The number of amides is 1. The molecule has 0 bridgehead atoms. The molecular formula is C15H19N3O2. The molecule has 5 nitrogen and oxygen atoms in total. The molecule has 1 aliphatic heterocycles. The molecule has 1 unspecified atom stereocenters. The minimum absolute atomic E-state index is 0.0904. The summed E-state index contributed by atoms with van der Waals surface area (Å²) in [6, 6.07) is 3.54. The molecule has 2 rings (SSSR count). The van der Waals surface area contributed by atoms with Crippen LogP contribution in [0, 0.1) is 17.8 Å². The Labute approximate surface area is 118 Å². The van der Waals surface area contributed by atoms with Gasteiger partial charge in [-0.3, -0.25) is 4.79 Å². The van der Waals surface area contributed by atoms with Gasteiger partial charge in [-0.15, -0.1) is 0 Å². The number of aliphatic hydroxyl groups excluding tert-OH is 1. The Balaban J connectivity index is 2.14. The van der Waals surface area contributed by atoms with E-state index in [4.69, 9.17) is 10.8 Å². The summed E-state index contributed by atoms with van der Waals surface area (Å²) in [6.45, 7) is 1.82. The number of carbonyl (C=O) groups is 1. The highest BCUT2D eigenvalue weighted by Crippen LogP contribution is 2.21. The first kappa shape index (κ1) is 14.5. The molecule has 1 aromatic heterocycles. The summed E-state index contributed by atoms with van der Waals surface area (Å²) in [5, 5.41) is 8.96. The summed E-state index contributed by atoms with van der Waals surface area (Å²) in [6.07, 6.45) is 3.27. The van der Waals surface area contributed by atoms with E-state index < -0.39 is 0 Å². The highest BCUT2D eigenvalue weighted by atomic mass is 16.3. The van der Waals surface area contributed by atoms with Crippen LogP contribution in [0.2, 0.25) is 0 Å². The van der Waals surface area contributed by atoms with Gasteiger partial charge in [0, 0.05) is 25.9 Å². The van der Waals surface area contributed by atoms with Crippen LogP contribution in [0.3, 0.4) is 0 Å². The number of nitrogens with zero attached hydrogens (tertiary/aromatic N) is 2. The van der Waals surface area contributed by atoms with E-state index >= 15 is 0 Å². The summed E-state index contributed by atoms with van der Waals surface area (Å²) in [4.78, 5) is 18.4. The van der Waals surface area contributed by atoms with Gasteiger partial charge in [0.05, 0.1) is 12.1 Å². The number of pyridine rings is 1. The zero-order valence-corrected chi connectivity index (χ0v) is 11.4. The van der Waals surface area contributed by atoms with Crippen LogP contribution in [0.4, 0.5) is 0 Å². The Morgan fingerprint density at radius 2 is 2.45 bits per heavy atom. The molecule has 1 saturated heterocycles. The largest absolute Gasteiger partial charge is 0.396 e. The second-order valence-electron chi connectivity index (χ2n) is 4.82. The van der Waals surface area contributed by atoms with Gasteiger partial charge in [-0.05, 0) is 30.9 Å². The third kappa shape index (κ3) is 3.35. The van der Waals surface area contributed by atoms with Gasteiger partial charge >= 0.3 is 0 Å². The fourth-order valence-corrected chi connectivity index (χ4v) is 2.41. The van der Waals surface area contributed by atoms with Crippen LogP contribution < -0.4 is 5.73 Å². The zero-order chi connectivity index (χ0) is 14.4. The van der Waals surface area contributed by atoms with Gasteiger partial charge in [0.15, 0.2) is 0 Å². The number of nitrogens with two attached hydrogens (primary N) is 1. The Hall–Kier alpha value is -1.90. The highest BCUT2D eigenvalue weighted by molar-refractivity contribution is 5.94. The topological polar surface area (TPSA) is 79.5 Å². The van der Waals surface area contributed by atoms with Crippen molar-refractivity contribution in [1.82, 2.24) is 9.88 Å². The van der Waals surface area contributed by atoms with Gasteiger partial charge in [0.25, 0.3) is 5.91 Å². The average Bonchev–Trinajstić information content (AvgIpc) is 2.94. The first-order chi connectivity index (χ1) is 9.76. The van der Waals surface area contributed by atoms with Crippen LogP contribution in [0.1, 0.15) is 28.9 Å². The first-order valence-corrected chi connectivity index (χ1v) is 6.80. The lowest BCUT2D eigenvalue weighted by Crippen LogP contribution is -2.30. The number of aromatic nitrogens is 1. The first-order valence-electron chi connectivity index (χ1n) is 6.80. The summed E-state index contributed by atoms with van der Waals surface area (Å²) in [7, 11) is 0. The Bertz CT molecular complexity index is 533. The molecule has 1 atom stereocenters. The van der Waals surface area contributed by atoms with E-state index in [0.29, 0.717) is 30.3 Å². The molecule has 2 heterocycles. The molecule has 0 spiro atoms. The molecule has 0 saturated carbocycles. The van der Waals surface area contributed by atoms with Gasteiger partial charge in [-0.2, -0.15) is 0 Å². The van der Waals surface area contributed by atoms with E-state index in [0.717, 1.165) is 12.8 Å². The van der Waals surface area contributed by atoms with Crippen LogP contribution in [-0.4, -0.2) is 47.1 Å². The maximum atomic E-state index is 12.5. The molecule has 0 radical (unpaired) electrons. The van der Waals surface area contributed by atoms with Crippen molar-refractivity contribution in [3.63, 3.8) is 0 Å². The van der Waals surface area contributed by atoms with Crippen molar-refractivity contribution in [3.8, 4) is 11.8 Å². The van der Waals surface area contributed by atoms with Gasteiger partial charge in [0.2, 0.25) is 0 Å². The fraction of sp³-hybridized carbons (Fsp3) is 0.467. The van der Waals surface area contributed by atoms with Crippen molar-refractivity contribution in [2.24, 2.45) is 11.7 Å². The summed E-state index contributed by atoms with van der Waals surface area (Å²) >= 11 is 0. The number of rotatable bonds is 3. The maximum absolute atomic E-state index is 12.5. The van der Waals surface area contributed by atoms with Crippen molar-refractivity contribution in [2.45, 2.75) is 12.8 Å². The maximum Gasteiger partial charge on any atom is 0.273 e. The summed E-state index contributed by atoms with van der Waals surface area (Å²) < 4.78 is 0. The van der Waals surface area contributed by atoms with Gasteiger partial charge in [-0.1, -0.05) is 11.8 Å². The van der Waals surface area contributed by atoms with Crippen LogP contribution in [0.5, 0.6) is 0 Å². The Morgan fingerprint density at radius 1 is 1.60 bits per heavy atom. The predicted octanol–water partition coefficient (Wildman–Crippen LogP) is 0.236. The molecule has 1 aromatic rings. The Morgan fingerprint density at radius 3 is 3.20 bits per heavy atom. The SMILES string of the molecule is NCC#Cc1cccnc1C(=O)N1CCC(CCO)C1.